The first-order valence-electron chi connectivity index (χ1n) is 4.12. The Morgan fingerprint density at radius 3 is 1.93 bits per heavy atom. The zero-order valence-corrected chi connectivity index (χ0v) is 9.14. The number of hydrogen-bond donors (Lipinski definition) is 0. The second-order valence-corrected chi connectivity index (χ2v) is 4.94. The van der Waals surface area contributed by atoms with Crippen molar-refractivity contribution in [1.82, 2.24) is 0 Å². The van der Waals surface area contributed by atoms with Crippen molar-refractivity contribution < 1.29 is 8.42 Å². The number of aryl methyl sites for hydroxylation is 2. The molecule has 3 nitrogen and oxygen atoms in total. The largest absolute Gasteiger partial charge is 0.269 e. The van der Waals surface area contributed by atoms with Gasteiger partial charge in [-0.2, -0.15) is 5.26 Å². The van der Waals surface area contributed by atoms with Crippen LogP contribution in [0.25, 0.3) is 0 Å². The number of sulfone groups is 1. The van der Waals surface area contributed by atoms with Crippen LogP contribution in [0, 0.1) is 31.4 Å². The molecule has 0 amide bonds. The third-order valence-electron chi connectivity index (χ3n) is 2.33. The molecule has 0 atom stereocenters. The minimum absolute atomic E-state index is 0.0839. The highest BCUT2D eigenvalue weighted by Crippen LogP contribution is 2.19. The summed E-state index contributed by atoms with van der Waals surface area (Å²) in [6, 6.07) is 3.06. The fourth-order valence-corrected chi connectivity index (χ4v) is 1.97. The molecule has 1 aromatic rings. The van der Waals surface area contributed by atoms with E-state index < -0.39 is 9.84 Å². The molecule has 0 radical (unpaired) electrons. The van der Waals surface area contributed by atoms with Gasteiger partial charge in [0, 0.05) is 0 Å². The van der Waals surface area contributed by atoms with Crippen LogP contribution in [0.3, 0.4) is 0 Å². The average Bonchev–Trinajstić information content (AvgIpc) is 2.13. The monoisotopic (exact) mass is 209 g/mol. The second kappa shape index (κ2) is 3.43. The highest BCUT2D eigenvalue weighted by atomic mass is 32.2. The third-order valence-corrected chi connectivity index (χ3v) is 3.43. The Morgan fingerprint density at radius 2 is 1.57 bits per heavy atom. The number of nitriles is 1. The number of benzene rings is 1. The molecule has 0 aromatic heterocycles. The molecule has 0 unspecified atom stereocenters. The number of thiocyanates is 1. The van der Waals surface area contributed by atoms with E-state index in [-0.39, 0.29) is 4.90 Å². The lowest BCUT2D eigenvalue weighted by Crippen LogP contribution is -1.99. The molecule has 0 fully saturated rings. The summed E-state index contributed by atoms with van der Waals surface area (Å²) in [4.78, 5) is 0.0839. The van der Waals surface area contributed by atoms with Gasteiger partial charge in [-0.3, -0.25) is 0 Å². The lowest BCUT2D eigenvalue weighted by Gasteiger charge is -2.06. The smallest absolute Gasteiger partial charge is 0.208 e. The summed E-state index contributed by atoms with van der Waals surface area (Å²) in [5.74, 6) is 0. The van der Waals surface area contributed by atoms with Crippen LogP contribution in [0.5, 0.6) is 0 Å². The predicted octanol–water partition coefficient (Wildman–Crippen LogP) is 1.87. The molecule has 1 aromatic carbocycles. The van der Waals surface area contributed by atoms with Gasteiger partial charge >= 0.3 is 0 Å². The van der Waals surface area contributed by atoms with Crippen LogP contribution >= 0.6 is 0 Å². The summed E-state index contributed by atoms with van der Waals surface area (Å²) in [7, 11) is -3.75. The van der Waals surface area contributed by atoms with Crippen LogP contribution in [-0.4, -0.2) is 8.42 Å². The molecule has 0 bridgehead atoms. The maximum atomic E-state index is 11.3. The summed E-state index contributed by atoms with van der Waals surface area (Å²) in [6.45, 7) is 5.59. The molecule has 0 spiro atoms. The van der Waals surface area contributed by atoms with Crippen molar-refractivity contribution in [2.24, 2.45) is 0 Å². The van der Waals surface area contributed by atoms with Crippen LogP contribution in [-0.2, 0) is 9.84 Å². The third kappa shape index (κ3) is 1.78. The van der Waals surface area contributed by atoms with E-state index in [0.717, 1.165) is 16.7 Å². The molecule has 0 aliphatic heterocycles. The molecule has 4 heteroatoms. The van der Waals surface area contributed by atoms with Crippen LogP contribution in [0.1, 0.15) is 16.7 Å². The van der Waals surface area contributed by atoms with E-state index in [0.29, 0.717) is 0 Å². The molecule has 14 heavy (non-hydrogen) atoms. The van der Waals surface area contributed by atoms with Gasteiger partial charge in [0.1, 0.15) is 0 Å². The first-order valence-corrected chi connectivity index (χ1v) is 5.60. The Balaban J connectivity index is 3.51. The standard InChI is InChI=1S/C10H11NO2S/c1-7-4-10(14(12,13)6-11)5-8(2)9(7)3/h4-5H,1-3H3. The van der Waals surface area contributed by atoms with Crippen molar-refractivity contribution in [2.75, 3.05) is 0 Å². The highest BCUT2D eigenvalue weighted by molar-refractivity contribution is 7.95. The zero-order valence-electron chi connectivity index (χ0n) is 8.33. The van der Waals surface area contributed by atoms with Gasteiger partial charge in [0.25, 0.3) is 9.84 Å². The van der Waals surface area contributed by atoms with E-state index in [1.807, 2.05) is 20.8 Å². The second-order valence-electron chi connectivity index (χ2n) is 3.28. The zero-order chi connectivity index (χ0) is 10.9. The van der Waals surface area contributed by atoms with Gasteiger partial charge < -0.3 is 0 Å². The van der Waals surface area contributed by atoms with Crippen LogP contribution < -0.4 is 0 Å². The Bertz CT molecular complexity index is 486. The van der Waals surface area contributed by atoms with Crippen LogP contribution in [0.15, 0.2) is 17.0 Å². The molecular weight excluding hydrogens is 198 g/mol. The number of hydrogen-bond acceptors (Lipinski definition) is 3. The van der Waals surface area contributed by atoms with Crippen molar-refractivity contribution in [3.8, 4) is 5.40 Å². The fraction of sp³-hybridized carbons (Fsp3) is 0.300. The first kappa shape index (κ1) is 10.7. The lowest BCUT2D eigenvalue weighted by molar-refractivity contribution is 0.605. The maximum Gasteiger partial charge on any atom is 0.269 e. The molecule has 74 valence electrons. The predicted molar refractivity (Wildman–Crippen MR) is 53.5 cm³/mol. The van der Waals surface area contributed by atoms with Crippen LogP contribution in [0.4, 0.5) is 0 Å². The Kier molecular flexibility index (Phi) is 2.63. The van der Waals surface area contributed by atoms with Crippen molar-refractivity contribution in [2.45, 2.75) is 25.7 Å². The van der Waals surface area contributed by atoms with Gasteiger partial charge in [-0.15, -0.1) is 0 Å². The normalized spacial score (nSPS) is 11.0. The quantitative estimate of drug-likeness (QED) is 0.524. The van der Waals surface area contributed by atoms with Gasteiger partial charge in [-0.25, -0.2) is 8.42 Å². The summed E-state index contributed by atoms with van der Waals surface area (Å²) in [5, 5.41) is 9.76. The van der Waals surface area contributed by atoms with Crippen molar-refractivity contribution in [1.29, 1.82) is 5.26 Å². The molecule has 0 heterocycles. The molecule has 0 aliphatic rings. The maximum absolute atomic E-state index is 11.3. The Morgan fingerprint density at radius 1 is 1.14 bits per heavy atom. The van der Waals surface area contributed by atoms with E-state index >= 15 is 0 Å². The molecule has 0 aliphatic carbocycles. The van der Waals surface area contributed by atoms with E-state index in [1.165, 1.54) is 17.5 Å². The SMILES string of the molecule is Cc1cc(S(=O)(=O)C#N)cc(C)c1C. The summed E-state index contributed by atoms with van der Waals surface area (Å²) < 4.78 is 22.5. The first-order chi connectivity index (χ1) is 6.38. The Labute approximate surface area is 83.9 Å². The van der Waals surface area contributed by atoms with Gasteiger partial charge in [0.15, 0.2) is 5.40 Å². The lowest BCUT2D eigenvalue weighted by atomic mass is 10.1. The molecule has 1 rings (SSSR count). The Hall–Kier alpha value is -1.34. The van der Waals surface area contributed by atoms with Gasteiger partial charge in [0.05, 0.1) is 4.90 Å². The van der Waals surface area contributed by atoms with Crippen molar-refractivity contribution in [3.63, 3.8) is 0 Å². The minimum atomic E-state index is -3.75. The van der Waals surface area contributed by atoms with Crippen LogP contribution in [0.2, 0.25) is 0 Å². The summed E-state index contributed by atoms with van der Waals surface area (Å²) >= 11 is 0. The van der Waals surface area contributed by atoms with E-state index in [9.17, 15) is 8.42 Å². The van der Waals surface area contributed by atoms with E-state index in [2.05, 4.69) is 0 Å². The molecule has 0 saturated heterocycles. The van der Waals surface area contributed by atoms with Gasteiger partial charge in [-0.1, -0.05) is 0 Å². The summed E-state index contributed by atoms with van der Waals surface area (Å²) in [5.41, 5.74) is 2.83. The summed E-state index contributed by atoms with van der Waals surface area (Å²) in [6.07, 6.45) is 0. The van der Waals surface area contributed by atoms with Gasteiger partial charge in [0.2, 0.25) is 0 Å². The van der Waals surface area contributed by atoms with Crippen molar-refractivity contribution >= 4 is 9.84 Å². The number of nitrogens with zero attached hydrogens (tertiary/aromatic N) is 1. The topological polar surface area (TPSA) is 57.9 Å². The molecule has 0 N–H and O–H groups in total. The molecule has 0 saturated carbocycles. The minimum Gasteiger partial charge on any atom is -0.208 e. The van der Waals surface area contributed by atoms with Crippen molar-refractivity contribution in [3.05, 3.63) is 28.8 Å². The molecular formula is C10H11NO2S. The van der Waals surface area contributed by atoms with Gasteiger partial charge in [-0.05, 0) is 49.6 Å². The fourth-order valence-electron chi connectivity index (χ4n) is 1.20. The number of rotatable bonds is 1. The van der Waals surface area contributed by atoms with E-state index in [4.69, 9.17) is 5.26 Å². The average molecular weight is 209 g/mol. The highest BCUT2D eigenvalue weighted by Gasteiger charge is 2.14. The van der Waals surface area contributed by atoms with E-state index in [1.54, 1.807) is 0 Å².